The number of ether oxygens (including phenoxy) is 1. The number of nitrogens with zero attached hydrogens (tertiary/aromatic N) is 2. The second-order valence-electron chi connectivity index (χ2n) is 9.00. The Morgan fingerprint density at radius 1 is 1.08 bits per heavy atom. The Balaban J connectivity index is 1.63. The minimum absolute atomic E-state index is 0.0755. The molecule has 8 heteroatoms. The first-order valence-electron chi connectivity index (χ1n) is 11.8. The van der Waals surface area contributed by atoms with Gasteiger partial charge in [-0.3, -0.25) is 9.59 Å². The SMILES string of the molecule is CN(C)c1ccc(NC(=O)c2ccccc2Cl)cc1CN(C[C@H]1CCCO1)C(=O)c1cccc(F)c1. The third kappa shape index (κ3) is 6.22. The van der Waals surface area contributed by atoms with E-state index in [0.29, 0.717) is 29.4 Å². The van der Waals surface area contributed by atoms with Gasteiger partial charge in [-0.15, -0.1) is 0 Å². The molecule has 3 aromatic carbocycles. The number of carbonyl (C=O) groups excluding carboxylic acids is 2. The molecule has 0 radical (unpaired) electrons. The monoisotopic (exact) mass is 509 g/mol. The first-order chi connectivity index (χ1) is 17.3. The number of rotatable bonds is 8. The van der Waals surface area contributed by atoms with Gasteiger partial charge in [-0.25, -0.2) is 4.39 Å². The predicted molar refractivity (Wildman–Crippen MR) is 140 cm³/mol. The summed E-state index contributed by atoms with van der Waals surface area (Å²) < 4.78 is 19.7. The number of amides is 2. The topological polar surface area (TPSA) is 61.9 Å². The molecule has 1 fully saturated rings. The second-order valence-corrected chi connectivity index (χ2v) is 9.41. The van der Waals surface area contributed by atoms with Crippen LogP contribution in [0, 0.1) is 5.82 Å². The van der Waals surface area contributed by atoms with Crippen LogP contribution >= 0.6 is 11.6 Å². The average Bonchev–Trinajstić information content (AvgIpc) is 3.36. The first kappa shape index (κ1) is 25.7. The highest BCUT2D eigenvalue weighted by molar-refractivity contribution is 6.34. The molecule has 1 N–H and O–H groups in total. The van der Waals surface area contributed by atoms with Gasteiger partial charge in [0.25, 0.3) is 11.8 Å². The highest BCUT2D eigenvalue weighted by Gasteiger charge is 2.25. The highest BCUT2D eigenvalue weighted by atomic mass is 35.5. The maximum absolute atomic E-state index is 13.9. The lowest BCUT2D eigenvalue weighted by atomic mass is 10.1. The van der Waals surface area contributed by atoms with Gasteiger partial charge in [0, 0.05) is 50.7 Å². The van der Waals surface area contributed by atoms with E-state index in [1.165, 1.54) is 18.2 Å². The summed E-state index contributed by atoms with van der Waals surface area (Å²) in [5.74, 6) is -1.06. The van der Waals surface area contributed by atoms with Crippen LogP contribution in [0.4, 0.5) is 15.8 Å². The summed E-state index contributed by atoms with van der Waals surface area (Å²) in [7, 11) is 3.83. The van der Waals surface area contributed by atoms with Crippen LogP contribution in [0.15, 0.2) is 66.7 Å². The first-order valence-corrected chi connectivity index (χ1v) is 12.2. The molecule has 3 aromatic rings. The highest BCUT2D eigenvalue weighted by Crippen LogP contribution is 2.27. The molecule has 4 rings (SSSR count). The van der Waals surface area contributed by atoms with Crippen LogP contribution in [0.3, 0.4) is 0 Å². The number of hydrogen-bond donors (Lipinski definition) is 1. The van der Waals surface area contributed by atoms with Gasteiger partial charge >= 0.3 is 0 Å². The zero-order valence-corrected chi connectivity index (χ0v) is 21.1. The summed E-state index contributed by atoms with van der Waals surface area (Å²) in [6.07, 6.45) is 1.73. The van der Waals surface area contributed by atoms with Crippen LogP contribution in [-0.4, -0.2) is 50.1 Å². The fourth-order valence-electron chi connectivity index (χ4n) is 4.33. The maximum Gasteiger partial charge on any atom is 0.257 e. The van der Waals surface area contributed by atoms with Crippen molar-refractivity contribution in [2.45, 2.75) is 25.5 Å². The van der Waals surface area contributed by atoms with Crippen molar-refractivity contribution in [3.8, 4) is 0 Å². The number of anilines is 2. The molecule has 1 atom stereocenters. The second kappa shape index (κ2) is 11.5. The quantitative estimate of drug-likeness (QED) is 0.428. The summed E-state index contributed by atoms with van der Waals surface area (Å²) in [6, 6.07) is 18.1. The molecular weight excluding hydrogens is 481 g/mol. The van der Waals surface area contributed by atoms with Gasteiger partial charge in [0.05, 0.1) is 16.7 Å². The minimum Gasteiger partial charge on any atom is -0.377 e. The van der Waals surface area contributed by atoms with Crippen molar-refractivity contribution in [2.24, 2.45) is 0 Å². The van der Waals surface area contributed by atoms with Crippen molar-refractivity contribution in [2.75, 3.05) is 37.5 Å². The number of nitrogens with one attached hydrogen (secondary N) is 1. The lowest BCUT2D eigenvalue weighted by Gasteiger charge is -2.28. The van der Waals surface area contributed by atoms with Crippen molar-refractivity contribution in [1.29, 1.82) is 0 Å². The Bertz CT molecular complexity index is 1240. The zero-order valence-electron chi connectivity index (χ0n) is 20.3. The summed E-state index contributed by atoms with van der Waals surface area (Å²) in [5, 5.41) is 3.27. The Hall–Kier alpha value is -3.42. The van der Waals surface area contributed by atoms with Gasteiger partial charge in [-0.1, -0.05) is 29.8 Å². The van der Waals surface area contributed by atoms with Crippen molar-refractivity contribution in [3.63, 3.8) is 0 Å². The van der Waals surface area contributed by atoms with Crippen molar-refractivity contribution < 1.29 is 18.7 Å². The van der Waals surface area contributed by atoms with Crippen LogP contribution in [0.1, 0.15) is 39.1 Å². The summed E-state index contributed by atoms with van der Waals surface area (Å²) in [4.78, 5) is 29.9. The average molecular weight is 510 g/mol. The Labute approximate surface area is 215 Å². The van der Waals surface area contributed by atoms with E-state index >= 15 is 0 Å². The molecule has 1 saturated heterocycles. The van der Waals surface area contributed by atoms with E-state index in [1.807, 2.05) is 37.2 Å². The van der Waals surface area contributed by atoms with Gasteiger partial charge in [-0.2, -0.15) is 0 Å². The molecular formula is C28H29ClFN3O3. The third-order valence-corrected chi connectivity index (χ3v) is 6.44. The Morgan fingerprint density at radius 2 is 1.89 bits per heavy atom. The largest absolute Gasteiger partial charge is 0.377 e. The van der Waals surface area contributed by atoms with Gasteiger partial charge in [-0.05, 0) is 66.9 Å². The van der Waals surface area contributed by atoms with Crippen LogP contribution in [-0.2, 0) is 11.3 Å². The maximum atomic E-state index is 13.9. The standard InChI is InChI=1S/C28H29ClFN3O3/c1-32(2)26-13-12-22(31-27(34)24-10-3-4-11-25(24)29)16-20(26)17-33(18-23-9-6-14-36-23)28(35)19-7-5-8-21(30)15-19/h3-5,7-8,10-13,15-16,23H,6,9,14,17-18H2,1-2H3,(H,31,34)/t23-/m1/s1. The molecule has 0 bridgehead atoms. The molecule has 1 aliphatic rings. The van der Waals surface area contributed by atoms with Crippen LogP contribution in [0.2, 0.25) is 5.02 Å². The molecule has 1 heterocycles. The minimum atomic E-state index is -0.462. The molecule has 0 spiro atoms. The van der Waals surface area contributed by atoms with Crippen molar-refractivity contribution >= 4 is 34.8 Å². The van der Waals surface area contributed by atoms with E-state index in [2.05, 4.69) is 5.32 Å². The van der Waals surface area contributed by atoms with Crippen molar-refractivity contribution in [3.05, 3.63) is 94.3 Å². The molecule has 0 aromatic heterocycles. The summed E-state index contributed by atoms with van der Waals surface area (Å²) >= 11 is 6.19. The molecule has 36 heavy (non-hydrogen) atoms. The lowest BCUT2D eigenvalue weighted by molar-refractivity contribution is 0.0507. The van der Waals surface area contributed by atoms with E-state index in [-0.39, 0.29) is 30.0 Å². The predicted octanol–water partition coefficient (Wildman–Crippen LogP) is 5.62. The van der Waals surface area contributed by atoms with Crippen molar-refractivity contribution in [1.82, 2.24) is 4.90 Å². The van der Waals surface area contributed by atoms with E-state index in [4.69, 9.17) is 16.3 Å². The number of carbonyl (C=O) groups is 2. The molecule has 2 amide bonds. The summed E-state index contributed by atoms with van der Waals surface area (Å²) in [5.41, 5.74) is 2.96. The molecule has 0 saturated carbocycles. The fraction of sp³-hybridized carbons (Fsp3) is 0.286. The molecule has 1 aliphatic heterocycles. The van der Waals surface area contributed by atoms with Crippen LogP contribution in [0.5, 0.6) is 0 Å². The van der Waals surface area contributed by atoms with E-state index < -0.39 is 5.82 Å². The number of halogens is 2. The lowest BCUT2D eigenvalue weighted by Crippen LogP contribution is -2.37. The van der Waals surface area contributed by atoms with Crippen LogP contribution in [0.25, 0.3) is 0 Å². The van der Waals surface area contributed by atoms with E-state index in [0.717, 1.165) is 24.1 Å². The molecule has 0 unspecified atom stereocenters. The summed E-state index contributed by atoms with van der Waals surface area (Å²) in [6.45, 7) is 1.32. The molecule has 188 valence electrons. The normalized spacial score (nSPS) is 14.9. The smallest absolute Gasteiger partial charge is 0.257 e. The van der Waals surface area contributed by atoms with Crippen LogP contribution < -0.4 is 10.2 Å². The Morgan fingerprint density at radius 3 is 2.58 bits per heavy atom. The molecule has 0 aliphatic carbocycles. The Kier molecular flexibility index (Phi) is 8.23. The van der Waals surface area contributed by atoms with E-state index in [9.17, 15) is 14.0 Å². The number of hydrogen-bond acceptors (Lipinski definition) is 4. The van der Waals surface area contributed by atoms with Gasteiger partial charge in [0.15, 0.2) is 0 Å². The van der Waals surface area contributed by atoms with Gasteiger partial charge in [0.2, 0.25) is 0 Å². The number of benzene rings is 3. The third-order valence-electron chi connectivity index (χ3n) is 6.11. The zero-order chi connectivity index (χ0) is 25.7. The fourth-order valence-corrected chi connectivity index (χ4v) is 4.55. The van der Waals surface area contributed by atoms with Gasteiger partial charge in [0.1, 0.15) is 5.82 Å². The van der Waals surface area contributed by atoms with E-state index in [1.54, 1.807) is 35.2 Å². The van der Waals surface area contributed by atoms with Gasteiger partial charge < -0.3 is 19.9 Å². The molecule has 6 nitrogen and oxygen atoms in total.